The van der Waals surface area contributed by atoms with Crippen molar-refractivity contribution in [3.05, 3.63) is 101 Å². The Hall–Kier alpha value is -3.90. The molecule has 3 aromatic carbocycles. The summed E-state index contributed by atoms with van der Waals surface area (Å²) in [7, 11) is 0. The van der Waals surface area contributed by atoms with Crippen molar-refractivity contribution in [2.45, 2.75) is 6.92 Å². The van der Waals surface area contributed by atoms with Crippen molar-refractivity contribution in [2.24, 2.45) is 0 Å². The molecule has 1 aliphatic rings. The van der Waals surface area contributed by atoms with Crippen LogP contribution in [0.1, 0.15) is 10.6 Å². The Morgan fingerprint density at radius 1 is 0.938 bits per heavy atom. The Kier molecular flexibility index (Phi) is 5.21. The summed E-state index contributed by atoms with van der Waals surface area (Å²) in [6, 6.07) is 26.0. The van der Waals surface area contributed by atoms with Crippen molar-refractivity contribution >= 4 is 39.8 Å². The summed E-state index contributed by atoms with van der Waals surface area (Å²) in [6.07, 6.45) is 0. The quantitative estimate of drug-likeness (QED) is 0.327. The molecule has 32 heavy (non-hydrogen) atoms. The Morgan fingerprint density at radius 3 is 2.34 bits per heavy atom. The van der Waals surface area contributed by atoms with Crippen molar-refractivity contribution in [2.75, 3.05) is 16.8 Å². The van der Waals surface area contributed by atoms with Gasteiger partial charge in [-0.1, -0.05) is 48.0 Å². The van der Waals surface area contributed by atoms with Gasteiger partial charge in [-0.25, -0.2) is 4.98 Å². The molecule has 0 saturated heterocycles. The van der Waals surface area contributed by atoms with E-state index in [4.69, 9.17) is 10.4 Å². The largest absolute Gasteiger partial charge is 0.510 e. The van der Waals surface area contributed by atoms with Gasteiger partial charge >= 0.3 is 0 Å². The number of aryl methyl sites for hydroxylation is 1. The van der Waals surface area contributed by atoms with E-state index in [1.54, 1.807) is 4.90 Å². The van der Waals surface area contributed by atoms with Crippen LogP contribution in [-0.2, 0) is 0 Å². The van der Waals surface area contributed by atoms with E-state index in [1.807, 2.05) is 72.1 Å². The van der Waals surface area contributed by atoms with Gasteiger partial charge in [-0.15, -0.1) is 11.3 Å². The monoisotopic (exact) mass is 438 g/mol. The van der Waals surface area contributed by atoms with Gasteiger partial charge in [0.25, 0.3) is 0 Å². The molecule has 2 heterocycles. The first-order valence-electron chi connectivity index (χ1n) is 10.3. The highest BCUT2D eigenvalue weighted by atomic mass is 32.1. The molecule has 0 unspecified atom stereocenters. The minimum absolute atomic E-state index is 0.172. The predicted octanol–water partition coefficient (Wildman–Crippen LogP) is 6.63. The van der Waals surface area contributed by atoms with Crippen molar-refractivity contribution in [3.8, 4) is 11.3 Å². The van der Waals surface area contributed by atoms with Crippen molar-refractivity contribution in [1.29, 1.82) is 5.41 Å². The van der Waals surface area contributed by atoms with Crippen LogP contribution in [0.25, 0.3) is 16.8 Å². The second kappa shape index (κ2) is 8.32. The van der Waals surface area contributed by atoms with Gasteiger partial charge in [0.15, 0.2) is 0 Å². The van der Waals surface area contributed by atoms with E-state index in [-0.39, 0.29) is 18.1 Å². The standard InChI is InChI=1S/C26H22N4OS/c1-17-7-9-18(10-8-17)22-16-32-26(29-22)24-23(31)15-30(25(24)27)21-13-11-20(12-14-21)28-19-5-3-2-4-6-19/h2-14,16,27-28,31H,15H2,1H3. The minimum Gasteiger partial charge on any atom is -0.510 e. The first-order valence-corrected chi connectivity index (χ1v) is 11.2. The molecule has 0 spiro atoms. The van der Waals surface area contributed by atoms with E-state index >= 15 is 0 Å². The first kappa shape index (κ1) is 20.0. The summed E-state index contributed by atoms with van der Waals surface area (Å²) < 4.78 is 0. The number of rotatable bonds is 5. The number of aromatic nitrogens is 1. The molecular formula is C26H22N4OS. The molecule has 158 valence electrons. The Morgan fingerprint density at radius 2 is 1.62 bits per heavy atom. The third kappa shape index (κ3) is 3.88. The summed E-state index contributed by atoms with van der Waals surface area (Å²) >= 11 is 1.45. The fourth-order valence-electron chi connectivity index (χ4n) is 3.68. The van der Waals surface area contributed by atoms with Gasteiger partial charge < -0.3 is 15.3 Å². The van der Waals surface area contributed by atoms with Gasteiger partial charge in [0.2, 0.25) is 0 Å². The van der Waals surface area contributed by atoms with Crippen LogP contribution in [0.3, 0.4) is 0 Å². The molecule has 0 aliphatic carbocycles. The Balaban J connectivity index is 1.34. The average Bonchev–Trinajstić information content (AvgIpc) is 3.40. The van der Waals surface area contributed by atoms with E-state index in [0.717, 1.165) is 28.3 Å². The summed E-state index contributed by atoms with van der Waals surface area (Å²) in [4.78, 5) is 6.50. The van der Waals surface area contributed by atoms with Crippen LogP contribution < -0.4 is 10.2 Å². The normalized spacial score (nSPS) is 13.7. The lowest BCUT2D eigenvalue weighted by Gasteiger charge is -2.19. The van der Waals surface area contributed by atoms with E-state index in [2.05, 4.69) is 24.4 Å². The fourth-order valence-corrected chi connectivity index (χ4v) is 4.58. The topological polar surface area (TPSA) is 72.2 Å². The van der Waals surface area contributed by atoms with E-state index < -0.39 is 0 Å². The smallest absolute Gasteiger partial charge is 0.139 e. The van der Waals surface area contributed by atoms with Gasteiger partial charge in [-0.3, -0.25) is 5.41 Å². The SMILES string of the molecule is Cc1ccc(-c2csc(C3=C(O)CN(c4ccc(Nc5ccccc5)cc4)C3=N)n2)cc1. The van der Waals surface area contributed by atoms with Crippen molar-refractivity contribution in [1.82, 2.24) is 4.98 Å². The Labute approximate surface area is 190 Å². The maximum atomic E-state index is 10.7. The lowest BCUT2D eigenvalue weighted by Crippen LogP contribution is -2.25. The number of anilines is 3. The third-order valence-corrected chi connectivity index (χ3v) is 6.27. The molecule has 0 amide bonds. The van der Waals surface area contributed by atoms with Gasteiger partial charge in [0, 0.05) is 28.0 Å². The zero-order chi connectivity index (χ0) is 22.1. The van der Waals surface area contributed by atoms with Gasteiger partial charge in [0.05, 0.1) is 17.8 Å². The second-order valence-electron chi connectivity index (χ2n) is 7.70. The summed E-state index contributed by atoms with van der Waals surface area (Å²) in [5.41, 5.74) is 6.41. The van der Waals surface area contributed by atoms with Crippen LogP contribution in [0.2, 0.25) is 0 Å². The van der Waals surface area contributed by atoms with E-state index in [1.165, 1.54) is 16.9 Å². The summed E-state index contributed by atoms with van der Waals surface area (Å²) in [6.45, 7) is 2.32. The number of nitrogens with one attached hydrogen (secondary N) is 2. The maximum absolute atomic E-state index is 10.7. The highest BCUT2D eigenvalue weighted by Crippen LogP contribution is 2.35. The van der Waals surface area contributed by atoms with Crippen LogP contribution in [0, 0.1) is 12.3 Å². The molecule has 0 bridgehead atoms. The number of nitrogens with zero attached hydrogens (tertiary/aromatic N) is 2. The minimum atomic E-state index is 0.172. The van der Waals surface area contributed by atoms with Gasteiger partial charge in [-0.05, 0) is 43.3 Å². The van der Waals surface area contributed by atoms with Crippen molar-refractivity contribution in [3.63, 3.8) is 0 Å². The molecule has 5 nitrogen and oxygen atoms in total. The molecule has 6 heteroatoms. The molecule has 4 aromatic rings. The number of thiazole rings is 1. The first-order chi connectivity index (χ1) is 15.6. The van der Waals surface area contributed by atoms with Crippen LogP contribution in [-0.4, -0.2) is 22.5 Å². The predicted molar refractivity (Wildman–Crippen MR) is 133 cm³/mol. The number of benzene rings is 3. The van der Waals surface area contributed by atoms with Gasteiger partial charge in [-0.2, -0.15) is 0 Å². The van der Waals surface area contributed by atoms with Crippen LogP contribution >= 0.6 is 11.3 Å². The van der Waals surface area contributed by atoms with E-state index in [9.17, 15) is 5.11 Å². The number of aliphatic hydroxyl groups is 1. The number of hydrogen-bond acceptors (Lipinski definition) is 5. The zero-order valence-corrected chi connectivity index (χ0v) is 18.4. The molecular weight excluding hydrogens is 416 g/mol. The molecule has 0 atom stereocenters. The summed E-state index contributed by atoms with van der Waals surface area (Å²) in [5, 5.41) is 25.4. The molecule has 0 saturated carbocycles. The highest BCUT2D eigenvalue weighted by molar-refractivity contribution is 7.11. The summed E-state index contributed by atoms with van der Waals surface area (Å²) in [5.74, 6) is 0.433. The molecule has 1 aliphatic heterocycles. The molecule has 5 rings (SSSR count). The zero-order valence-electron chi connectivity index (χ0n) is 17.5. The third-order valence-electron chi connectivity index (χ3n) is 5.41. The molecule has 0 radical (unpaired) electrons. The van der Waals surface area contributed by atoms with Crippen LogP contribution in [0.4, 0.5) is 17.1 Å². The van der Waals surface area contributed by atoms with Gasteiger partial charge in [0.1, 0.15) is 16.6 Å². The fraction of sp³-hybridized carbons (Fsp3) is 0.0769. The number of aliphatic hydroxyl groups excluding tert-OH is 1. The Bertz CT molecular complexity index is 1290. The molecule has 3 N–H and O–H groups in total. The van der Waals surface area contributed by atoms with Crippen LogP contribution in [0.15, 0.2) is 90.0 Å². The van der Waals surface area contributed by atoms with E-state index in [0.29, 0.717) is 10.6 Å². The number of amidine groups is 1. The average molecular weight is 439 g/mol. The van der Waals surface area contributed by atoms with Crippen molar-refractivity contribution < 1.29 is 5.11 Å². The highest BCUT2D eigenvalue weighted by Gasteiger charge is 2.31. The molecule has 0 fully saturated rings. The lowest BCUT2D eigenvalue weighted by atomic mass is 10.1. The maximum Gasteiger partial charge on any atom is 0.139 e. The second-order valence-corrected chi connectivity index (χ2v) is 8.56. The number of para-hydroxylation sites is 1. The molecule has 1 aromatic heterocycles. The lowest BCUT2D eigenvalue weighted by molar-refractivity contribution is 0.411. The van der Waals surface area contributed by atoms with Crippen LogP contribution in [0.5, 0.6) is 0 Å². The number of hydrogen-bond donors (Lipinski definition) is 3.